The molecule has 2 saturated carbocycles. The minimum Gasteiger partial charge on any atom is -0.388 e. The van der Waals surface area contributed by atoms with Crippen LogP contribution in [0.4, 0.5) is 0 Å². The normalized spacial score (nSPS) is 44.0. The molecule has 2 nitrogen and oxygen atoms in total. The Balaban J connectivity index is 2.18. The molecule has 0 spiro atoms. The van der Waals surface area contributed by atoms with Crippen LogP contribution in [-0.4, -0.2) is 10.7 Å². The quantitative estimate of drug-likeness (QED) is 0.808. The van der Waals surface area contributed by atoms with Crippen LogP contribution in [0, 0.1) is 34.5 Å². The van der Waals surface area contributed by atoms with E-state index < -0.39 is 11.0 Å². The number of hydrogen-bond donors (Lipinski definition) is 1. The maximum Gasteiger partial charge on any atom is 0.0863 e. The Morgan fingerprint density at radius 3 is 2.21 bits per heavy atom. The largest absolute Gasteiger partial charge is 0.388 e. The van der Waals surface area contributed by atoms with E-state index in [2.05, 4.69) is 26.8 Å². The lowest BCUT2D eigenvalue weighted by Crippen LogP contribution is -2.55. The van der Waals surface area contributed by atoms with Crippen LogP contribution in [-0.2, 0) is 0 Å². The van der Waals surface area contributed by atoms with Gasteiger partial charge in [0.05, 0.1) is 17.1 Å². The second kappa shape index (κ2) is 5.44. The monoisotopic (exact) mass is 263 g/mol. The Bertz CT molecular complexity index is 349. The van der Waals surface area contributed by atoms with Gasteiger partial charge in [-0.2, -0.15) is 5.26 Å². The molecule has 0 heterocycles. The molecule has 0 saturated heterocycles. The fraction of sp³-hybridized carbons (Fsp3) is 0.941. The number of nitriles is 1. The Kier molecular flexibility index (Phi) is 4.26. The van der Waals surface area contributed by atoms with Crippen molar-refractivity contribution < 1.29 is 5.11 Å². The lowest BCUT2D eigenvalue weighted by atomic mass is 9.54. The second-order valence-corrected chi connectivity index (χ2v) is 7.35. The van der Waals surface area contributed by atoms with Gasteiger partial charge in [0.1, 0.15) is 0 Å². The summed E-state index contributed by atoms with van der Waals surface area (Å²) in [6.45, 7) is 6.71. The first kappa shape index (κ1) is 14.9. The van der Waals surface area contributed by atoms with Crippen LogP contribution in [0.25, 0.3) is 0 Å². The fourth-order valence-electron chi connectivity index (χ4n) is 4.48. The highest BCUT2D eigenvalue weighted by molar-refractivity contribution is 5.15. The molecule has 0 radical (unpaired) electrons. The molecule has 0 aromatic heterocycles. The standard InChI is InChI=1S/C17H29NO/c1-13(2)15-7-10-16(12-18,11-8-15)17(19)9-5-4-6-14(17)3/h13-15,19H,4-11H2,1-3H3. The van der Waals surface area contributed by atoms with Gasteiger partial charge in [0.15, 0.2) is 0 Å². The van der Waals surface area contributed by atoms with E-state index in [1.54, 1.807) is 0 Å². The van der Waals surface area contributed by atoms with Crippen molar-refractivity contribution in [3.8, 4) is 6.07 Å². The number of aliphatic hydroxyl groups is 1. The van der Waals surface area contributed by atoms with Crippen LogP contribution >= 0.6 is 0 Å². The average molecular weight is 263 g/mol. The Morgan fingerprint density at radius 1 is 1.11 bits per heavy atom. The summed E-state index contributed by atoms with van der Waals surface area (Å²) in [7, 11) is 0. The van der Waals surface area contributed by atoms with E-state index >= 15 is 0 Å². The first-order chi connectivity index (χ1) is 8.95. The summed E-state index contributed by atoms with van der Waals surface area (Å²) in [6, 6.07) is 2.57. The van der Waals surface area contributed by atoms with E-state index in [1.165, 1.54) is 6.42 Å². The van der Waals surface area contributed by atoms with Crippen molar-refractivity contribution in [2.24, 2.45) is 23.2 Å². The summed E-state index contributed by atoms with van der Waals surface area (Å²) in [5, 5.41) is 21.0. The zero-order valence-corrected chi connectivity index (χ0v) is 12.8. The van der Waals surface area contributed by atoms with Crippen molar-refractivity contribution >= 4 is 0 Å². The van der Waals surface area contributed by atoms with Crippen LogP contribution < -0.4 is 0 Å². The molecule has 1 N–H and O–H groups in total. The molecule has 0 bridgehead atoms. The van der Waals surface area contributed by atoms with Gasteiger partial charge in [-0.15, -0.1) is 0 Å². The molecule has 0 aliphatic heterocycles. The Morgan fingerprint density at radius 2 is 1.74 bits per heavy atom. The SMILES string of the molecule is CC(C)C1CCC(C#N)(C2(O)CCCCC2C)CC1. The zero-order valence-electron chi connectivity index (χ0n) is 12.8. The van der Waals surface area contributed by atoms with Gasteiger partial charge in [-0.25, -0.2) is 0 Å². The first-order valence-corrected chi connectivity index (χ1v) is 8.09. The minimum atomic E-state index is -0.734. The van der Waals surface area contributed by atoms with E-state index in [9.17, 15) is 10.4 Å². The molecule has 0 amide bonds. The molecule has 2 heteroatoms. The lowest BCUT2D eigenvalue weighted by Gasteiger charge is -2.52. The number of hydrogen-bond acceptors (Lipinski definition) is 2. The molecule has 2 aliphatic rings. The van der Waals surface area contributed by atoms with Crippen molar-refractivity contribution in [3.05, 3.63) is 0 Å². The van der Waals surface area contributed by atoms with Crippen molar-refractivity contribution in [2.45, 2.75) is 77.7 Å². The van der Waals surface area contributed by atoms with Gasteiger partial charge in [-0.05, 0) is 56.3 Å². The van der Waals surface area contributed by atoms with Gasteiger partial charge in [-0.1, -0.05) is 33.6 Å². The van der Waals surface area contributed by atoms with E-state index in [4.69, 9.17) is 0 Å². The van der Waals surface area contributed by atoms with Crippen LogP contribution in [0.1, 0.15) is 72.1 Å². The molecule has 0 aromatic rings. The third-order valence-electron chi connectivity index (χ3n) is 6.13. The van der Waals surface area contributed by atoms with Crippen molar-refractivity contribution in [1.82, 2.24) is 0 Å². The van der Waals surface area contributed by atoms with Crippen molar-refractivity contribution in [1.29, 1.82) is 5.26 Å². The molecule has 2 aliphatic carbocycles. The van der Waals surface area contributed by atoms with Crippen LogP contribution in [0.3, 0.4) is 0 Å². The summed E-state index contributed by atoms with van der Waals surface area (Å²) in [6.07, 6.45) is 8.21. The van der Waals surface area contributed by atoms with Gasteiger partial charge >= 0.3 is 0 Å². The van der Waals surface area contributed by atoms with Gasteiger partial charge in [-0.3, -0.25) is 0 Å². The second-order valence-electron chi connectivity index (χ2n) is 7.35. The highest BCUT2D eigenvalue weighted by Crippen LogP contribution is 2.54. The van der Waals surface area contributed by atoms with E-state index in [0.29, 0.717) is 5.92 Å². The van der Waals surface area contributed by atoms with E-state index in [1.807, 2.05) is 0 Å². The molecule has 19 heavy (non-hydrogen) atoms. The molecule has 2 atom stereocenters. The number of rotatable bonds is 2. The third kappa shape index (κ3) is 2.42. The molecule has 108 valence electrons. The smallest absolute Gasteiger partial charge is 0.0863 e. The lowest BCUT2D eigenvalue weighted by molar-refractivity contribution is -0.136. The van der Waals surface area contributed by atoms with Crippen molar-refractivity contribution in [2.75, 3.05) is 0 Å². The first-order valence-electron chi connectivity index (χ1n) is 8.09. The van der Waals surface area contributed by atoms with Gasteiger partial charge in [0.2, 0.25) is 0 Å². The summed E-state index contributed by atoms with van der Waals surface area (Å²) in [5.74, 6) is 1.72. The van der Waals surface area contributed by atoms with Gasteiger partial charge in [0, 0.05) is 0 Å². The predicted octanol–water partition coefficient (Wildman–Crippen LogP) is 4.28. The van der Waals surface area contributed by atoms with E-state index in [0.717, 1.165) is 50.9 Å². The topological polar surface area (TPSA) is 44.0 Å². The van der Waals surface area contributed by atoms with Gasteiger partial charge < -0.3 is 5.11 Å². The summed E-state index contributed by atoms with van der Waals surface area (Å²) in [4.78, 5) is 0. The highest BCUT2D eigenvalue weighted by atomic mass is 16.3. The summed E-state index contributed by atoms with van der Waals surface area (Å²) < 4.78 is 0. The molecule has 2 fully saturated rings. The van der Waals surface area contributed by atoms with Crippen LogP contribution in [0.5, 0.6) is 0 Å². The predicted molar refractivity (Wildman–Crippen MR) is 77.4 cm³/mol. The fourth-order valence-corrected chi connectivity index (χ4v) is 4.48. The Labute approximate surface area is 118 Å². The highest BCUT2D eigenvalue weighted by Gasteiger charge is 2.55. The maximum absolute atomic E-state index is 11.2. The maximum atomic E-state index is 11.2. The van der Waals surface area contributed by atoms with Gasteiger partial charge in [0.25, 0.3) is 0 Å². The summed E-state index contributed by atoms with van der Waals surface area (Å²) in [5.41, 5.74) is -1.21. The summed E-state index contributed by atoms with van der Waals surface area (Å²) >= 11 is 0. The van der Waals surface area contributed by atoms with E-state index in [-0.39, 0.29) is 5.92 Å². The molecular formula is C17H29NO. The zero-order chi connectivity index (χ0) is 14.1. The number of nitrogens with zero attached hydrogens (tertiary/aromatic N) is 1. The minimum absolute atomic E-state index is 0.275. The molecule has 2 rings (SSSR count). The Hall–Kier alpha value is -0.550. The molecule has 2 unspecified atom stereocenters. The molecule has 0 aromatic carbocycles. The van der Waals surface area contributed by atoms with Crippen LogP contribution in [0.15, 0.2) is 0 Å². The molecular weight excluding hydrogens is 234 g/mol. The van der Waals surface area contributed by atoms with Crippen LogP contribution in [0.2, 0.25) is 0 Å². The van der Waals surface area contributed by atoms with Crippen molar-refractivity contribution in [3.63, 3.8) is 0 Å². The third-order valence-corrected chi connectivity index (χ3v) is 6.13. The average Bonchev–Trinajstić information content (AvgIpc) is 2.42.